The molecule has 182 valence electrons. The van der Waals surface area contributed by atoms with E-state index in [0.717, 1.165) is 47.2 Å². The highest BCUT2D eigenvalue weighted by atomic mass is 16.1. The Balaban J connectivity index is 0.000000327. The first-order valence-corrected chi connectivity index (χ1v) is 12.0. The lowest BCUT2D eigenvalue weighted by molar-refractivity contribution is -0.111. The lowest BCUT2D eigenvalue weighted by Crippen LogP contribution is -2.13. The fraction of sp³-hybridized carbons (Fsp3) is 0.286. The number of benzene rings is 2. The van der Waals surface area contributed by atoms with E-state index in [1.807, 2.05) is 49.5 Å². The molecular weight excluding hydrogens is 438 g/mol. The van der Waals surface area contributed by atoms with E-state index in [1.165, 1.54) is 12.8 Å². The molecule has 0 aliphatic carbocycles. The van der Waals surface area contributed by atoms with E-state index >= 15 is 0 Å². The van der Waals surface area contributed by atoms with Gasteiger partial charge in [0.05, 0.1) is 11.0 Å². The van der Waals surface area contributed by atoms with Crippen LogP contribution in [-0.4, -0.2) is 34.2 Å². The summed E-state index contributed by atoms with van der Waals surface area (Å²) in [6, 6.07) is 18.8. The fourth-order valence-electron chi connectivity index (χ4n) is 3.55. The van der Waals surface area contributed by atoms with E-state index in [1.54, 1.807) is 24.4 Å². The third kappa shape index (κ3) is 7.24. The number of pyridine rings is 1. The zero-order valence-electron chi connectivity index (χ0n) is 20.5. The van der Waals surface area contributed by atoms with Gasteiger partial charge in [0.25, 0.3) is 5.91 Å². The van der Waals surface area contributed by atoms with Crippen molar-refractivity contribution in [3.8, 4) is 11.4 Å². The molecule has 0 saturated carbocycles. The normalized spacial score (nSPS) is 11.3. The summed E-state index contributed by atoms with van der Waals surface area (Å²) in [6.45, 7) is 4.21. The maximum atomic E-state index is 12.2. The Hall–Kier alpha value is -4.00. The fourth-order valence-corrected chi connectivity index (χ4v) is 3.55. The summed E-state index contributed by atoms with van der Waals surface area (Å²) in [5.74, 6) is 0.869. The van der Waals surface area contributed by atoms with Crippen molar-refractivity contribution >= 4 is 34.6 Å². The molecule has 1 atom stereocenters. The van der Waals surface area contributed by atoms with Crippen LogP contribution in [0.2, 0.25) is 0 Å². The van der Waals surface area contributed by atoms with Gasteiger partial charge in [-0.2, -0.15) is 0 Å². The zero-order chi connectivity index (χ0) is 25.0. The van der Waals surface area contributed by atoms with Gasteiger partial charge < -0.3 is 20.4 Å². The molecule has 0 saturated heterocycles. The Morgan fingerprint density at radius 1 is 1.06 bits per heavy atom. The summed E-state index contributed by atoms with van der Waals surface area (Å²) in [4.78, 5) is 34.5. The van der Waals surface area contributed by atoms with Crippen molar-refractivity contribution in [1.82, 2.24) is 15.0 Å². The van der Waals surface area contributed by atoms with Crippen molar-refractivity contribution in [2.24, 2.45) is 5.92 Å². The first-order chi connectivity index (χ1) is 17.1. The number of fused-ring (bicyclic) bond motifs is 1. The number of rotatable bonds is 9. The van der Waals surface area contributed by atoms with Crippen LogP contribution in [0.4, 0.5) is 11.4 Å². The van der Waals surface area contributed by atoms with Crippen molar-refractivity contribution in [1.29, 1.82) is 0 Å². The number of carbonyl (C=O) groups excluding carboxylic acids is 2. The van der Waals surface area contributed by atoms with E-state index < -0.39 is 0 Å². The van der Waals surface area contributed by atoms with Gasteiger partial charge in [-0.25, -0.2) is 4.98 Å². The van der Waals surface area contributed by atoms with Crippen LogP contribution < -0.4 is 10.6 Å². The van der Waals surface area contributed by atoms with Crippen molar-refractivity contribution < 1.29 is 9.59 Å². The van der Waals surface area contributed by atoms with Gasteiger partial charge in [-0.15, -0.1) is 0 Å². The number of H-pyrrole nitrogens is 1. The van der Waals surface area contributed by atoms with Gasteiger partial charge in [0, 0.05) is 36.1 Å². The van der Waals surface area contributed by atoms with E-state index in [0.29, 0.717) is 17.3 Å². The second kappa shape index (κ2) is 13.0. The second-order valence-electron chi connectivity index (χ2n) is 8.26. The lowest BCUT2D eigenvalue weighted by atomic mass is 10.0. The first-order valence-electron chi connectivity index (χ1n) is 12.0. The molecule has 3 N–H and O–H groups in total. The molecule has 0 aliphatic rings. The number of imidazole rings is 1. The average Bonchev–Trinajstić information content (AvgIpc) is 3.34. The minimum absolute atomic E-state index is 0.243. The Morgan fingerprint density at radius 3 is 2.46 bits per heavy atom. The molecule has 2 heterocycles. The number of hydrogen-bond acceptors (Lipinski definition) is 5. The summed E-state index contributed by atoms with van der Waals surface area (Å²) < 4.78 is 0. The molecule has 35 heavy (non-hydrogen) atoms. The van der Waals surface area contributed by atoms with Gasteiger partial charge in [0.1, 0.15) is 17.8 Å². The molecule has 0 radical (unpaired) electrons. The van der Waals surface area contributed by atoms with Crippen LogP contribution in [0.5, 0.6) is 0 Å². The summed E-state index contributed by atoms with van der Waals surface area (Å²) in [5.41, 5.74) is 4.81. The number of aromatic amines is 1. The number of aldehydes is 1. The largest absolute Gasteiger partial charge is 0.388 e. The predicted molar refractivity (Wildman–Crippen MR) is 143 cm³/mol. The lowest BCUT2D eigenvalue weighted by Gasteiger charge is -2.04. The third-order valence-corrected chi connectivity index (χ3v) is 5.73. The van der Waals surface area contributed by atoms with Crippen LogP contribution >= 0.6 is 0 Å². The topological polar surface area (TPSA) is 99.8 Å². The van der Waals surface area contributed by atoms with Gasteiger partial charge in [-0.3, -0.25) is 9.78 Å². The van der Waals surface area contributed by atoms with Crippen molar-refractivity contribution in [2.45, 2.75) is 39.5 Å². The molecule has 2 aromatic carbocycles. The van der Waals surface area contributed by atoms with Crippen molar-refractivity contribution in [2.75, 3.05) is 17.7 Å². The van der Waals surface area contributed by atoms with Crippen LogP contribution in [0, 0.1) is 5.92 Å². The predicted octanol–water partition coefficient (Wildman–Crippen LogP) is 6.32. The second-order valence-corrected chi connectivity index (χ2v) is 8.26. The molecule has 7 heteroatoms. The Morgan fingerprint density at radius 2 is 1.83 bits per heavy atom. The van der Waals surface area contributed by atoms with Gasteiger partial charge in [0.15, 0.2) is 0 Å². The molecule has 7 nitrogen and oxygen atoms in total. The van der Waals surface area contributed by atoms with Gasteiger partial charge in [0.2, 0.25) is 0 Å². The van der Waals surface area contributed by atoms with E-state index in [4.69, 9.17) is 0 Å². The molecule has 2 aromatic heterocycles. The van der Waals surface area contributed by atoms with Crippen molar-refractivity contribution in [3.63, 3.8) is 0 Å². The number of hydrogen-bond donors (Lipinski definition) is 3. The number of unbranched alkanes of at least 4 members (excludes halogenated alkanes) is 1. The molecule has 0 fully saturated rings. The number of aromatic nitrogens is 3. The Kier molecular flexibility index (Phi) is 9.54. The summed E-state index contributed by atoms with van der Waals surface area (Å²) >= 11 is 0. The molecule has 4 aromatic rings. The summed E-state index contributed by atoms with van der Waals surface area (Å²) in [7, 11) is 1.89. The van der Waals surface area contributed by atoms with E-state index in [2.05, 4.69) is 39.4 Å². The van der Waals surface area contributed by atoms with Gasteiger partial charge in [-0.1, -0.05) is 32.8 Å². The maximum Gasteiger partial charge on any atom is 0.274 e. The smallest absolute Gasteiger partial charge is 0.274 e. The van der Waals surface area contributed by atoms with Crippen LogP contribution in [0.15, 0.2) is 66.9 Å². The Bertz CT molecular complexity index is 1220. The number of anilines is 2. The molecule has 4 rings (SSSR count). The average molecular weight is 472 g/mol. The monoisotopic (exact) mass is 471 g/mol. The van der Waals surface area contributed by atoms with E-state index in [9.17, 15) is 9.59 Å². The van der Waals surface area contributed by atoms with Crippen molar-refractivity contribution in [3.05, 3.63) is 72.6 Å². The Labute approximate surface area is 206 Å². The number of nitrogens with one attached hydrogen (secondary N) is 3. The SMILES string of the molecule is CCCCC(C=O)CC.CNc1ccc(-c2nc3ccc(NC(=O)c4ccccn4)cc3[nH]2)cc1. The highest BCUT2D eigenvalue weighted by Crippen LogP contribution is 2.24. The summed E-state index contributed by atoms with van der Waals surface area (Å²) in [5, 5.41) is 5.95. The summed E-state index contributed by atoms with van der Waals surface area (Å²) in [6.07, 6.45) is 7.15. The zero-order valence-corrected chi connectivity index (χ0v) is 20.5. The number of carbonyl (C=O) groups is 2. The molecule has 1 amide bonds. The number of amides is 1. The molecule has 0 spiro atoms. The van der Waals surface area contributed by atoms with Gasteiger partial charge >= 0.3 is 0 Å². The van der Waals surface area contributed by atoms with Gasteiger partial charge in [-0.05, 0) is 67.4 Å². The quantitative estimate of drug-likeness (QED) is 0.248. The minimum atomic E-state index is -0.243. The molecular formula is C28H33N5O2. The molecule has 0 aliphatic heterocycles. The first kappa shape index (κ1) is 25.6. The van der Waals surface area contributed by atoms with E-state index in [-0.39, 0.29) is 5.91 Å². The highest BCUT2D eigenvalue weighted by Gasteiger charge is 2.10. The minimum Gasteiger partial charge on any atom is -0.388 e. The highest BCUT2D eigenvalue weighted by molar-refractivity contribution is 6.03. The van der Waals surface area contributed by atoms with Crippen LogP contribution in [-0.2, 0) is 4.79 Å². The number of nitrogens with zero attached hydrogens (tertiary/aromatic N) is 2. The molecule has 1 unspecified atom stereocenters. The van der Waals surface area contributed by atoms with Crippen LogP contribution in [0.1, 0.15) is 50.0 Å². The maximum absolute atomic E-state index is 12.2. The standard InChI is InChI=1S/C20H17N5O.C8H16O/c1-21-14-7-5-13(6-8-14)19-24-16-10-9-15(12-18(16)25-19)23-20(26)17-4-2-3-11-22-17;1-3-5-6-8(4-2)7-9/h2-12,21H,1H3,(H,23,26)(H,24,25);7-8H,3-6H2,1-2H3. The van der Waals surface area contributed by atoms with Crippen LogP contribution in [0.25, 0.3) is 22.4 Å². The third-order valence-electron chi connectivity index (χ3n) is 5.73. The molecule has 0 bridgehead atoms. The van der Waals surface area contributed by atoms with Crippen LogP contribution in [0.3, 0.4) is 0 Å².